The van der Waals surface area contributed by atoms with Crippen LogP contribution in [0.3, 0.4) is 0 Å². The van der Waals surface area contributed by atoms with Gasteiger partial charge in [0.2, 0.25) is 0 Å². The van der Waals surface area contributed by atoms with Gasteiger partial charge in [-0.05, 0) is 96.0 Å². The number of nitrogens with two attached hydrogens (primary N) is 1. The highest BCUT2D eigenvalue weighted by molar-refractivity contribution is 8.23. The summed E-state index contributed by atoms with van der Waals surface area (Å²) < 4.78 is 32.0. The second-order valence-corrected chi connectivity index (χ2v) is 14.1. The van der Waals surface area contributed by atoms with E-state index < -0.39 is 10.8 Å². The zero-order chi connectivity index (χ0) is 28.4. The van der Waals surface area contributed by atoms with Crippen LogP contribution in [0, 0.1) is 0 Å². The van der Waals surface area contributed by atoms with Crippen LogP contribution in [0.15, 0.2) is 47.0 Å². The number of rotatable bonds is 9. The van der Waals surface area contributed by atoms with Crippen LogP contribution < -0.4 is 10.5 Å². The predicted molar refractivity (Wildman–Crippen MR) is 169 cm³/mol. The summed E-state index contributed by atoms with van der Waals surface area (Å²) in [5.74, 6) is 0.962. The van der Waals surface area contributed by atoms with Crippen LogP contribution in [-0.2, 0) is 6.42 Å². The van der Waals surface area contributed by atoms with E-state index in [9.17, 15) is 9.11 Å². The van der Waals surface area contributed by atoms with Gasteiger partial charge in [0, 0.05) is 29.9 Å². The van der Waals surface area contributed by atoms with Gasteiger partial charge in [-0.3, -0.25) is 9.11 Å². The van der Waals surface area contributed by atoms with Crippen molar-refractivity contribution in [1.29, 1.82) is 0 Å². The molecule has 0 bridgehead atoms. The van der Waals surface area contributed by atoms with E-state index in [0.29, 0.717) is 30.4 Å². The number of anilines is 1. The van der Waals surface area contributed by atoms with E-state index in [-0.39, 0.29) is 11.9 Å². The highest BCUT2D eigenvalue weighted by Crippen LogP contribution is 2.44. The number of piperidine rings is 1. The van der Waals surface area contributed by atoms with Crippen LogP contribution in [0.25, 0.3) is 21.0 Å². The lowest BCUT2D eigenvalue weighted by Crippen LogP contribution is -2.43. The van der Waals surface area contributed by atoms with Crippen molar-refractivity contribution in [2.45, 2.75) is 51.7 Å². The smallest absolute Gasteiger partial charge is 0.142 e. The average Bonchev–Trinajstić information content (AvgIpc) is 3.56. The summed E-state index contributed by atoms with van der Waals surface area (Å²) in [6.07, 6.45) is 5.72. The molecule has 216 valence electrons. The van der Waals surface area contributed by atoms with E-state index in [0.717, 1.165) is 64.6 Å². The third-order valence-electron chi connectivity index (χ3n) is 7.71. The lowest BCUT2D eigenvalue weighted by Gasteiger charge is -2.37. The number of fused-ring (bicyclic) bond motifs is 1. The van der Waals surface area contributed by atoms with Gasteiger partial charge in [-0.15, -0.1) is 11.3 Å². The lowest BCUT2D eigenvalue weighted by molar-refractivity contribution is 0.150. The Morgan fingerprint density at radius 3 is 2.60 bits per heavy atom. The van der Waals surface area contributed by atoms with Gasteiger partial charge in [-0.2, -0.15) is 4.40 Å². The van der Waals surface area contributed by atoms with E-state index >= 15 is 0 Å². The van der Waals surface area contributed by atoms with Crippen molar-refractivity contribution in [3.8, 4) is 26.8 Å². The second kappa shape index (κ2) is 12.2. The molecule has 0 amide bonds. The minimum absolute atomic E-state index is 0.0579. The van der Waals surface area contributed by atoms with E-state index in [2.05, 4.69) is 34.4 Å². The fourth-order valence-corrected chi connectivity index (χ4v) is 7.64. The van der Waals surface area contributed by atoms with Gasteiger partial charge < -0.3 is 20.3 Å². The van der Waals surface area contributed by atoms with Crippen LogP contribution in [0.2, 0.25) is 0 Å². The Labute approximate surface area is 243 Å². The number of hydrogen-bond acceptors (Lipinski definition) is 9. The Hall–Kier alpha value is -2.47. The van der Waals surface area contributed by atoms with Crippen molar-refractivity contribution < 1.29 is 13.8 Å². The number of ether oxygens (including phenoxy) is 1. The van der Waals surface area contributed by atoms with Crippen LogP contribution >= 0.6 is 22.1 Å². The third kappa shape index (κ3) is 6.70. The van der Waals surface area contributed by atoms with E-state index in [1.165, 1.54) is 5.56 Å². The summed E-state index contributed by atoms with van der Waals surface area (Å²) in [7, 11) is 1.20. The molecule has 8 nitrogen and oxygen atoms in total. The minimum Gasteiger partial charge on any atom is -0.489 e. The molecule has 0 spiro atoms. The maximum atomic E-state index is 10.9. The predicted octanol–water partition coefficient (Wildman–Crippen LogP) is 6.27. The Morgan fingerprint density at radius 1 is 1.15 bits per heavy atom. The largest absolute Gasteiger partial charge is 0.489 e. The number of likely N-dealkylation sites (tertiary alicyclic amines) is 1. The van der Waals surface area contributed by atoms with Crippen LogP contribution in [-0.4, -0.2) is 81.2 Å². The minimum atomic E-state index is -3.06. The van der Waals surface area contributed by atoms with E-state index in [1.54, 1.807) is 11.3 Å². The normalized spacial score (nSPS) is 18.1. The standard InChI is InChI=1S/C30H41N5O3S2/c1-20(2)38-28-11-8-21(18-26(28)31)30-32-19-29(39-30)25-7-5-6-24-23(25)9-10-27(24)33-40(36,37)17-16-35-14-12-22(13-15-35)34(3)4/h5-8,11,18-20,22,36-37H,9-10,12-17,31H2,1-4H3. The average molecular weight is 584 g/mol. The molecule has 3 aromatic rings. The molecule has 0 unspecified atom stereocenters. The van der Waals surface area contributed by atoms with Crippen molar-refractivity contribution in [2.24, 2.45) is 4.40 Å². The van der Waals surface area contributed by atoms with Crippen LogP contribution in [0.5, 0.6) is 5.75 Å². The molecule has 1 aromatic heterocycles. The molecule has 0 atom stereocenters. The Balaban J connectivity index is 1.29. The SMILES string of the molecule is CC(C)Oc1ccc(-c2ncc(-c3cccc4c3CCC4=NS(O)(O)CCN3CCC(N(C)C)CC3)s2)cc1N. The Kier molecular flexibility index (Phi) is 8.84. The number of aromatic nitrogens is 1. The van der Waals surface area contributed by atoms with Gasteiger partial charge in [-0.25, -0.2) is 4.98 Å². The first-order valence-electron chi connectivity index (χ1n) is 14.0. The van der Waals surface area contributed by atoms with Crippen molar-refractivity contribution in [3.05, 3.63) is 53.7 Å². The summed E-state index contributed by atoms with van der Waals surface area (Å²) in [6.45, 7) is 6.59. The van der Waals surface area contributed by atoms with Gasteiger partial charge in [-0.1, -0.05) is 29.0 Å². The monoisotopic (exact) mass is 583 g/mol. The maximum Gasteiger partial charge on any atom is 0.142 e. The van der Waals surface area contributed by atoms with Gasteiger partial charge in [0.25, 0.3) is 0 Å². The first-order chi connectivity index (χ1) is 19.1. The molecule has 40 heavy (non-hydrogen) atoms. The van der Waals surface area contributed by atoms with E-state index in [1.807, 2.05) is 50.4 Å². The van der Waals surface area contributed by atoms with Gasteiger partial charge in [0.1, 0.15) is 10.8 Å². The van der Waals surface area contributed by atoms with Crippen molar-refractivity contribution in [2.75, 3.05) is 45.2 Å². The lowest BCUT2D eigenvalue weighted by atomic mass is 10.0. The van der Waals surface area contributed by atoms with E-state index in [4.69, 9.17) is 15.5 Å². The first-order valence-corrected chi connectivity index (χ1v) is 16.5. The molecule has 1 fully saturated rings. The fraction of sp³-hybridized carbons (Fsp3) is 0.467. The number of benzene rings is 2. The fourth-order valence-electron chi connectivity index (χ4n) is 5.54. The molecular formula is C30H41N5O3S2. The maximum absolute atomic E-state index is 10.9. The summed E-state index contributed by atoms with van der Waals surface area (Å²) >= 11 is 1.62. The molecule has 10 heteroatoms. The third-order valence-corrected chi connectivity index (χ3v) is 10.0. The summed E-state index contributed by atoms with van der Waals surface area (Å²) in [4.78, 5) is 10.4. The van der Waals surface area contributed by atoms with Crippen LogP contribution in [0.4, 0.5) is 5.69 Å². The quantitative estimate of drug-likeness (QED) is 0.255. The zero-order valence-electron chi connectivity index (χ0n) is 23.8. The first kappa shape index (κ1) is 29.0. The van der Waals surface area contributed by atoms with Gasteiger partial charge in [0.15, 0.2) is 0 Å². The molecule has 4 N–H and O–H groups in total. The Morgan fingerprint density at radius 2 is 1.90 bits per heavy atom. The number of nitrogens with zero attached hydrogens (tertiary/aromatic N) is 4. The van der Waals surface area contributed by atoms with Gasteiger partial charge in [0.05, 0.1) is 28.1 Å². The molecule has 1 aliphatic carbocycles. The molecule has 1 saturated heterocycles. The molecule has 0 radical (unpaired) electrons. The molecule has 5 rings (SSSR count). The number of nitrogen functional groups attached to an aromatic ring is 1. The summed E-state index contributed by atoms with van der Waals surface area (Å²) in [5, 5.41) is 0.895. The van der Waals surface area contributed by atoms with Crippen LogP contribution in [0.1, 0.15) is 44.2 Å². The van der Waals surface area contributed by atoms with Gasteiger partial charge >= 0.3 is 0 Å². The molecule has 0 saturated carbocycles. The molecule has 1 aliphatic heterocycles. The molecular weight excluding hydrogens is 542 g/mol. The molecule has 2 aromatic carbocycles. The van der Waals surface area contributed by atoms with Crippen molar-refractivity contribution in [3.63, 3.8) is 0 Å². The zero-order valence-corrected chi connectivity index (χ0v) is 25.5. The number of thiazole rings is 1. The Bertz CT molecular complexity index is 1360. The molecule has 2 heterocycles. The summed E-state index contributed by atoms with van der Waals surface area (Å²) in [6, 6.07) is 12.6. The second-order valence-electron chi connectivity index (χ2n) is 11.2. The van der Waals surface area contributed by atoms with Crippen molar-refractivity contribution in [1.82, 2.24) is 14.8 Å². The highest BCUT2D eigenvalue weighted by atomic mass is 32.3. The van der Waals surface area contributed by atoms with Crippen molar-refractivity contribution >= 4 is 33.5 Å². The summed E-state index contributed by atoms with van der Waals surface area (Å²) in [5.41, 5.74) is 11.9. The number of hydrogen-bond donors (Lipinski definition) is 3. The molecule has 2 aliphatic rings. The highest BCUT2D eigenvalue weighted by Gasteiger charge is 2.26. The topological polar surface area (TPSA) is 107 Å².